The third-order valence-corrected chi connectivity index (χ3v) is 12.6. The van der Waals surface area contributed by atoms with Gasteiger partial charge in [-0.15, -0.1) is 0 Å². The molecule has 0 saturated heterocycles. The van der Waals surface area contributed by atoms with Crippen LogP contribution >= 0.6 is 0 Å². The predicted molar refractivity (Wildman–Crippen MR) is 312 cm³/mol. The van der Waals surface area contributed by atoms with Gasteiger partial charge in [-0.1, -0.05) is 276 Å². The first kappa shape index (κ1) is 66.5. The number of nitrogens with one attached hydrogen (secondary N) is 1. The second-order valence-electron chi connectivity index (χ2n) is 19.3. The standard InChI is InChI=1S/C66H111NO3/c1-3-5-7-9-11-13-15-17-19-21-23-24-25-26-27-28-29-30-31-32-33-34-35-36-37-38-39-40-41-42-44-46-48-50-52-54-56-58-60-62-66(70)67-64(63-68)65(69)61-59-57-55-53-51-49-47-45-43-22-20-18-16-14-12-10-8-6-4-2/h5,7,11,13,17,19,23-24,26-27,29-30,32-33,35-36,43,45,51,53,59,61,64-65,68-69H,3-4,6,8-10,12,14-16,18,20-22,25,28,31,34,37-42,44,46-50,52,54-58,60,62-63H2,1-2H3,(H,67,70)/b7-5-,13-11-,19-17-,24-23-,27-26-,30-29-,33-32-,36-35-,45-43+,53-51+,61-59+. The molecule has 0 bridgehead atoms. The highest BCUT2D eigenvalue weighted by molar-refractivity contribution is 5.76. The fraction of sp³-hybridized carbons (Fsp3) is 0.652. The Bertz CT molecular complexity index is 1420. The summed E-state index contributed by atoms with van der Waals surface area (Å²) >= 11 is 0. The van der Waals surface area contributed by atoms with Crippen molar-refractivity contribution in [3.05, 3.63) is 134 Å². The second-order valence-corrected chi connectivity index (χ2v) is 19.3. The van der Waals surface area contributed by atoms with Crippen LogP contribution in [0.3, 0.4) is 0 Å². The SMILES string of the molecule is CC/C=C\C/C=C\C/C=C\C/C=C\C/C=C\C/C=C\C/C=C\C/C=C\CCCCCCCCCCCCCCCCC(=O)NC(CO)C(O)/C=C/CC/C=C/CC/C=C/CCCCCCCCCCC. The molecule has 398 valence electrons. The van der Waals surface area contributed by atoms with Gasteiger partial charge in [0.05, 0.1) is 18.8 Å². The van der Waals surface area contributed by atoms with E-state index in [9.17, 15) is 15.0 Å². The van der Waals surface area contributed by atoms with Gasteiger partial charge in [0, 0.05) is 6.42 Å². The Labute approximate surface area is 434 Å². The molecular weight excluding hydrogens is 855 g/mol. The summed E-state index contributed by atoms with van der Waals surface area (Å²) in [5, 5.41) is 23.1. The van der Waals surface area contributed by atoms with Crippen molar-refractivity contribution in [2.24, 2.45) is 0 Å². The van der Waals surface area contributed by atoms with Crippen LogP contribution in [0.4, 0.5) is 0 Å². The van der Waals surface area contributed by atoms with Crippen LogP contribution in [0.2, 0.25) is 0 Å². The minimum absolute atomic E-state index is 0.0826. The largest absolute Gasteiger partial charge is 0.394 e. The summed E-state index contributed by atoms with van der Waals surface area (Å²) in [6.45, 7) is 4.18. The van der Waals surface area contributed by atoms with Crippen molar-refractivity contribution in [1.82, 2.24) is 5.32 Å². The first-order valence-electron chi connectivity index (χ1n) is 29.4. The van der Waals surface area contributed by atoms with E-state index in [1.165, 1.54) is 148 Å². The van der Waals surface area contributed by atoms with Crippen molar-refractivity contribution in [2.45, 2.75) is 270 Å². The third kappa shape index (κ3) is 55.5. The molecule has 0 aliphatic heterocycles. The number of hydrogen-bond acceptors (Lipinski definition) is 3. The smallest absolute Gasteiger partial charge is 0.220 e. The fourth-order valence-corrected chi connectivity index (χ4v) is 8.17. The molecular formula is C66H111NO3. The van der Waals surface area contributed by atoms with E-state index in [2.05, 4.69) is 141 Å². The van der Waals surface area contributed by atoms with Crippen LogP contribution in [-0.2, 0) is 4.79 Å². The fourth-order valence-electron chi connectivity index (χ4n) is 8.17. The molecule has 3 N–H and O–H groups in total. The van der Waals surface area contributed by atoms with E-state index in [-0.39, 0.29) is 12.5 Å². The van der Waals surface area contributed by atoms with Gasteiger partial charge in [0.15, 0.2) is 0 Å². The van der Waals surface area contributed by atoms with E-state index in [0.717, 1.165) is 89.9 Å². The number of aliphatic hydroxyl groups excluding tert-OH is 2. The van der Waals surface area contributed by atoms with E-state index in [0.29, 0.717) is 6.42 Å². The summed E-state index contributed by atoms with van der Waals surface area (Å²) in [6.07, 6.45) is 93.3. The van der Waals surface area contributed by atoms with Crippen molar-refractivity contribution < 1.29 is 15.0 Å². The van der Waals surface area contributed by atoms with Gasteiger partial charge in [-0.05, 0) is 109 Å². The van der Waals surface area contributed by atoms with Gasteiger partial charge in [-0.25, -0.2) is 0 Å². The molecule has 70 heavy (non-hydrogen) atoms. The van der Waals surface area contributed by atoms with Gasteiger partial charge >= 0.3 is 0 Å². The number of rotatable bonds is 52. The molecule has 0 rings (SSSR count). The maximum absolute atomic E-state index is 12.5. The highest BCUT2D eigenvalue weighted by Crippen LogP contribution is 2.15. The number of carbonyl (C=O) groups excluding carboxylic acids is 1. The van der Waals surface area contributed by atoms with E-state index in [4.69, 9.17) is 0 Å². The Morgan fingerprint density at radius 2 is 0.643 bits per heavy atom. The lowest BCUT2D eigenvalue weighted by molar-refractivity contribution is -0.123. The van der Waals surface area contributed by atoms with Crippen LogP contribution in [-0.4, -0.2) is 34.9 Å². The molecule has 0 aliphatic rings. The molecule has 0 aromatic heterocycles. The molecule has 0 radical (unpaired) electrons. The van der Waals surface area contributed by atoms with Crippen LogP contribution in [0.25, 0.3) is 0 Å². The van der Waals surface area contributed by atoms with Crippen molar-refractivity contribution in [3.63, 3.8) is 0 Å². The zero-order chi connectivity index (χ0) is 50.6. The van der Waals surface area contributed by atoms with Crippen molar-refractivity contribution in [1.29, 1.82) is 0 Å². The molecule has 0 aromatic carbocycles. The minimum Gasteiger partial charge on any atom is -0.394 e. The highest BCUT2D eigenvalue weighted by Gasteiger charge is 2.18. The van der Waals surface area contributed by atoms with Crippen LogP contribution in [0.15, 0.2) is 134 Å². The van der Waals surface area contributed by atoms with Gasteiger partial charge in [0.2, 0.25) is 5.91 Å². The number of hydrogen-bond donors (Lipinski definition) is 3. The zero-order valence-corrected chi connectivity index (χ0v) is 45.7. The van der Waals surface area contributed by atoms with Crippen molar-refractivity contribution in [2.75, 3.05) is 6.61 Å². The van der Waals surface area contributed by atoms with Crippen molar-refractivity contribution >= 4 is 5.91 Å². The molecule has 0 aromatic rings. The molecule has 0 spiro atoms. The molecule has 2 atom stereocenters. The number of unbranched alkanes of at least 4 members (excludes halogenated alkanes) is 25. The molecule has 0 aliphatic carbocycles. The van der Waals surface area contributed by atoms with E-state index in [1.807, 2.05) is 6.08 Å². The first-order chi connectivity index (χ1) is 34.7. The lowest BCUT2D eigenvalue weighted by Gasteiger charge is -2.19. The van der Waals surface area contributed by atoms with Crippen LogP contribution in [0.1, 0.15) is 258 Å². The summed E-state index contributed by atoms with van der Waals surface area (Å²) in [5.41, 5.74) is 0. The predicted octanol–water partition coefficient (Wildman–Crippen LogP) is 19.8. The van der Waals surface area contributed by atoms with E-state index in [1.54, 1.807) is 6.08 Å². The highest BCUT2D eigenvalue weighted by atomic mass is 16.3. The lowest BCUT2D eigenvalue weighted by atomic mass is 10.0. The number of carbonyl (C=O) groups is 1. The summed E-state index contributed by atoms with van der Waals surface area (Å²) < 4.78 is 0. The average Bonchev–Trinajstić information content (AvgIpc) is 3.36. The quantitative estimate of drug-likeness (QED) is 0.0420. The van der Waals surface area contributed by atoms with Crippen LogP contribution in [0.5, 0.6) is 0 Å². The van der Waals surface area contributed by atoms with Gasteiger partial charge in [0.25, 0.3) is 0 Å². The first-order valence-corrected chi connectivity index (χ1v) is 29.4. The lowest BCUT2D eigenvalue weighted by Crippen LogP contribution is -2.45. The van der Waals surface area contributed by atoms with E-state index >= 15 is 0 Å². The normalized spacial score (nSPS) is 13.8. The maximum atomic E-state index is 12.5. The van der Waals surface area contributed by atoms with Gasteiger partial charge < -0.3 is 15.5 Å². The van der Waals surface area contributed by atoms with Crippen molar-refractivity contribution in [3.8, 4) is 0 Å². The summed E-state index contributed by atoms with van der Waals surface area (Å²) in [6, 6.07) is -0.654. The maximum Gasteiger partial charge on any atom is 0.220 e. The summed E-state index contributed by atoms with van der Waals surface area (Å²) in [7, 11) is 0. The Hall–Kier alpha value is -3.47. The Morgan fingerprint density at radius 3 is 1.00 bits per heavy atom. The van der Waals surface area contributed by atoms with Gasteiger partial charge in [-0.2, -0.15) is 0 Å². The molecule has 0 fully saturated rings. The molecule has 0 saturated carbocycles. The Balaban J connectivity index is 3.59. The molecule has 2 unspecified atom stereocenters. The minimum atomic E-state index is -0.878. The molecule has 4 nitrogen and oxygen atoms in total. The molecule has 1 amide bonds. The monoisotopic (exact) mass is 966 g/mol. The van der Waals surface area contributed by atoms with Crippen LogP contribution < -0.4 is 5.32 Å². The van der Waals surface area contributed by atoms with Gasteiger partial charge in [-0.3, -0.25) is 4.79 Å². The molecule has 0 heterocycles. The number of aliphatic hydroxyl groups is 2. The Morgan fingerprint density at radius 1 is 0.357 bits per heavy atom. The summed E-state index contributed by atoms with van der Waals surface area (Å²) in [5.74, 6) is -0.0826. The number of allylic oxidation sites excluding steroid dienone is 21. The molecule has 4 heteroatoms. The van der Waals surface area contributed by atoms with Gasteiger partial charge in [0.1, 0.15) is 0 Å². The number of amides is 1. The van der Waals surface area contributed by atoms with Crippen LogP contribution in [0, 0.1) is 0 Å². The average molecular weight is 967 g/mol. The third-order valence-electron chi connectivity index (χ3n) is 12.6. The van der Waals surface area contributed by atoms with E-state index < -0.39 is 12.1 Å². The Kier molecular flexibility index (Phi) is 56.9. The summed E-state index contributed by atoms with van der Waals surface area (Å²) in [4.78, 5) is 12.5. The second kappa shape index (κ2) is 59.8. The topological polar surface area (TPSA) is 69.6 Å². The zero-order valence-electron chi connectivity index (χ0n) is 45.7.